The van der Waals surface area contributed by atoms with Crippen molar-refractivity contribution in [3.05, 3.63) is 87.5 Å². The maximum Gasteiger partial charge on any atom is 0.253 e. The third kappa shape index (κ3) is 4.97. The van der Waals surface area contributed by atoms with Crippen molar-refractivity contribution in [2.45, 2.75) is 70.4 Å². The van der Waals surface area contributed by atoms with Crippen molar-refractivity contribution in [3.63, 3.8) is 0 Å². The van der Waals surface area contributed by atoms with E-state index in [4.69, 9.17) is 0 Å². The molecule has 0 bridgehead atoms. The smallest absolute Gasteiger partial charge is 0.253 e. The fourth-order valence-corrected chi connectivity index (χ4v) is 6.35. The van der Waals surface area contributed by atoms with Crippen LogP contribution in [-0.2, 0) is 12.8 Å². The fourth-order valence-electron chi connectivity index (χ4n) is 6.35. The molecule has 1 atom stereocenters. The van der Waals surface area contributed by atoms with Gasteiger partial charge in [0.15, 0.2) is 5.82 Å². The lowest BCUT2D eigenvalue weighted by molar-refractivity contribution is 0.141. The summed E-state index contributed by atoms with van der Waals surface area (Å²) in [5, 5.41) is 14.2. The maximum atomic E-state index is 13.5. The highest BCUT2D eigenvalue weighted by atomic mass is 16.1. The third-order valence-corrected chi connectivity index (χ3v) is 8.46. The minimum atomic E-state index is -0.258. The van der Waals surface area contributed by atoms with Gasteiger partial charge in [-0.25, -0.2) is 4.68 Å². The van der Waals surface area contributed by atoms with Gasteiger partial charge < -0.3 is 4.98 Å². The molecule has 3 heterocycles. The second kappa shape index (κ2) is 10.6. The largest absolute Gasteiger partial charge is 0.322 e. The molecule has 6 rings (SSSR count). The van der Waals surface area contributed by atoms with Gasteiger partial charge in [0, 0.05) is 11.1 Å². The van der Waals surface area contributed by atoms with E-state index in [-0.39, 0.29) is 11.6 Å². The molecular formula is C30H36N6O. The molecule has 0 radical (unpaired) electrons. The average molecular weight is 497 g/mol. The zero-order valence-corrected chi connectivity index (χ0v) is 21.6. The molecule has 1 aliphatic carbocycles. The lowest BCUT2D eigenvalue weighted by Gasteiger charge is -2.37. The van der Waals surface area contributed by atoms with Crippen molar-refractivity contribution in [1.82, 2.24) is 30.1 Å². The van der Waals surface area contributed by atoms with Gasteiger partial charge in [-0.15, -0.1) is 5.10 Å². The van der Waals surface area contributed by atoms with Crippen molar-refractivity contribution in [2.24, 2.45) is 5.92 Å². The van der Waals surface area contributed by atoms with Gasteiger partial charge in [0.2, 0.25) is 0 Å². The molecule has 2 aromatic carbocycles. The van der Waals surface area contributed by atoms with Crippen molar-refractivity contribution >= 4 is 10.9 Å². The zero-order chi connectivity index (χ0) is 25.2. The lowest BCUT2D eigenvalue weighted by atomic mass is 9.89. The van der Waals surface area contributed by atoms with Crippen LogP contribution in [0.25, 0.3) is 10.9 Å². The number of nitrogens with one attached hydrogen (secondary N) is 1. The Bertz CT molecular complexity index is 1400. The van der Waals surface area contributed by atoms with E-state index >= 15 is 0 Å². The van der Waals surface area contributed by atoms with Crippen LogP contribution in [0.5, 0.6) is 0 Å². The van der Waals surface area contributed by atoms with Crippen LogP contribution in [-0.4, -0.2) is 43.2 Å². The van der Waals surface area contributed by atoms with Crippen LogP contribution >= 0.6 is 0 Å². The van der Waals surface area contributed by atoms with E-state index in [1.54, 1.807) is 0 Å². The van der Waals surface area contributed by atoms with Gasteiger partial charge in [-0.05, 0) is 103 Å². The number of likely N-dealkylation sites (tertiary alicyclic amines) is 1. The SMILES string of the molecule is CCc1ccc2[nH]c(=O)c(C(c3nnnn3C3CCCC3)N3CCC(Cc4ccccc4)CC3)cc2c1. The first-order valence-corrected chi connectivity index (χ1v) is 13.9. The molecule has 4 aromatic rings. The molecule has 1 saturated carbocycles. The average Bonchev–Trinajstić information content (AvgIpc) is 3.63. The number of hydrogen-bond acceptors (Lipinski definition) is 5. The number of rotatable bonds is 7. The van der Waals surface area contributed by atoms with Crippen molar-refractivity contribution < 1.29 is 0 Å². The normalized spacial score (nSPS) is 18.5. The quantitative estimate of drug-likeness (QED) is 0.379. The second-order valence-electron chi connectivity index (χ2n) is 10.8. The van der Waals surface area contributed by atoms with Gasteiger partial charge in [0.1, 0.15) is 6.04 Å². The molecule has 7 heteroatoms. The number of aromatic nitrogens is 5. The molecule has 1 N–H and O–H groups in total. The van der Waals surface area contributed by atoms with E-state index in [9.17, 15) is 4.79 Å². The molecule has 1 unspecified atom stereocenters. The molecule has 2 aromatic heterocycles. The van der Waals surface area contributed by atoms with Crippen LogP contribution in [0.4, 0.5) is 0 Å². The Kier molecular flexibility index (Phi) is 6.87. The molecule has 37 heavy (non-hydrogen) atoms. The summed E-state index contributed by atoms with van der Waals surface area (Å²) in [6, 6.07) is 19.2. The van der Waals surface area contributed by atoms with Crippen molar-refractivity contribution in [1.29, 1.82) is 0 Å². The lowest BCUT2D eigenvalue weighted by Crippen LogP contribution is -2.41. The molecule has 2 aliphatic rings. The molecule has 7 nitrogen and oxygen atoms in total. The first kappa shape index (κ1) is 24.0. The highest BCUT2D eigenvalue weighted by Gasteiger charge is 2.35. The Balaban J connectivity index is 1.35. The molecule has 192 valence electrons. The number of nitrogens with zero attached hydrogens (tertiary/aromatic N) is 5. The summed E-state index contributed by atoms with van der Waals surface area (Å²) in [6.45, 7) is 4.00. The summed E-state index contributed by atoms with van der Waals surface area (Å²) in [5.41, 5.74) is 4.24. The number of pyridine rings is 1. The zero-order valence-electron chi connectivity index (χ0n) is 21.6. The standard InChI is InChI=1S/C30H36N6O/c1-2-21-12-13-27-24(19-21)20-26(30(37)31-27)28(29-32-33-34-36(29)25-10-6-7-11-25)35-16-14-23(15-17-35)18-22-8-4-3-5-9-22/h3-5,8-9,12-13,19-20,23,25,28H,2,6-7,10-11,14-18H2,1H3,(H,31,37). The van der Waals surface area contributed by atoms with Crippen LogP contribution in [0.15, 0.2) is 59.4 Å². The van der Waals surface area contributed by atoms with Crippen LogP contribution in [0, 0.1) is 5.92 Å². The minimum Gasteiger partial charge on any atom is -0.322 e. The van der Waals surface area contributed by atoms with Crippen LogP contribution in [0.3, 0.4) is 0 Å². The Morgan fingerprint density at radius 1 is 0.973 bits per heavy atom. The number of tetrazole rings is 1. The van der Waals surface area contributed by atoms with E-state index < -0.39 is 0 Å². The number of H-pyrrole nitrogens is 1. The second-order valence-corrected chi connectivity index (χ2v) is 10.8. The van der Waals surface area contributed by atoms with E-state index in [1.807, 2.05) is 10.7 Å². The summed E-state index contributed by atoms with van der Waals surface area (Å²) >= 11 is 0. The Labute approximate surface area is 217 Å². The monoisotopic (exact) mass is 496 g/mol. The topological polar surface area (TPSA) is 79.7 Å². The summed E-state index contributed by atoms with van der Waals surface area (Å²) < 4.78 is 2.03. The van der Waals surface area contributed by atoms with Gasteiger partial charge in [0.05, 0.1) is 6.04 Å². The van der Waals surface area contributed by atoms with Crippen LogP contribution in [0.2, 0.25) is 0 Å². The Morgan fingerprint density at radius 3 is 2.51 bits per heavy atom. The van der Waals surface area contributed by atoms with E-state index in [0.29, 0.717) is 12.0 Å². The number of aryl methyl sites for hydroxylation is 1. The number of benzene rings is 2. The van der Waals surface area contributed by atoms with Gasteiger partial charge in [-0.1, -0.05) is 56.2 Å². The van der Waals surface area contributed by atoms with E-state index in [2.05, 4.69) is 80.9 Å². The predicted octanol–water partition coefficient (Wildman–Crippen LogP) is 5.24. The minimum absolute atomic E-state index is 0.0471. The number of piperidine rings is 1. The highest BCUT2D eigenvalue weighted by molar-refractivity contribution is 5.80. The van der Waals surface area contributed by atoms with Crippen molar-refractivity contribution in [3.8, 4) is 0 Å². The van der Waals surface area contributed by atoms with E-state index in [0.717, 1.165) is 73.9 Å². The summed E-state index contributed by atoms with van der Waals surface area (Å²) in [4.78, 5) is 19.1. The Hall–Kier alpha value is -3.32. The predicted molar refractivity (Wildman–Crippen MR) is 146 cm³/mol. The number of fused-ring (bicyclic) bond motifs is 1. The first-order valence-electron chi connectivity index (χ1n) is 13.9. The first-order chi connectivity index (χ1) is 18.2. The van der Waals surface area contributed by atoms with Gasteiger partial charge in [-0.3, -0.25) is 9.69 Å². The molecule has 0 spiro atoms. The fraction of sp³-hybridized carbons (Fsp3) is 0.467. The van der Waals surface area contributed by atoms with Crippen molar-refractivity contribution in [2.75, 3.05) is 13.1 Å². The van der Waals surface area contributed by atoms with Crippen LogP contribution < -0.4 is 5.56 Å². The summed E-state index contributed by atoms with van der Waals surface area (Å²) in [7, 11) is 0. The van der Waals surface area contributed by atoms with Crippen LogP contribution in [0.1, 0.15) is 80.0 Å². The third-order valence-electron chi connectivity index (χ3n) is 8.46. The van der Waals surface area contributed by atoms with Gasteiger partial charge in [-0.2, -0.15) is 0 Å². The van der Waals surface area contributed by atoms with Gasteiger partial charge in [0.25, 0.3) is 5.56 Å². The molecule has 1 aliphatic heterocycles. The number of hydrogen-bond donors (Lipinski definition) is 1. The van der Waals surface area contributed by atoms with E-state index in [1.165, 1.54) is 24.0 Å². The highest BCUT2D eigenvalue weighted by Crippen LogP contribution is 2.36. The maximum absolute atomic E-state index is 13.5. The summed E-state index contributed by atoms with van der Waals surface area (Å²) in [5.74, 6) is 1.46. The molecule has 1 saturated heterocycles. The Morgan fingerprint density at radius 2 is 1.76 bits per heavy atom. The molecule has 2 fully saturated rings. The van der Waals surface area contributed by atoms with Gasteiger partial charge >= 0.3 is 0 Å². The summed E-state index contributed by atoms with van der Waals surface area (Å²) in [6.07, 6.45) is 8.86. The molecule has 0 amide bonds. The molecular weight excluding hydrogens is 460 g/mol. The number of aromatic amines is 1.